The summed E-state index contributed by atoms with van der Waals surface area (Å²) in [5.41, 5.74) is 0.821. The second-order valence-electron chi connectivity index (χ2n) is 7.07. The van der Waals surface area contributed by atoms with Crippen LogP contribution >= 0.6 is 11.3 Å². The van der Waals surface area contributed by atoms with Crippen LogP contribution in [0.5, 0.6) is 5.75 Å². The van der Waals surface area contributed by atoms with E-state index in [9.17, 15) is 4.79 Å². The topological polar surface area (TPSA) is 64.1 Å². The molecule has 0 atom stereocenters. The molecule has 0 aliphatic heterocycles. The number of hydrogen-bond acceptors (Lipinski definition) is 5. The third-order valence-electron chi connectivity index (χ3n) is 3.83. The Morgan fingerprint density at radius 1 is 1.19 bits per heavy atom. The molecule has 2 heterocycles. The lowest BCUT2D eigenvalue weighted by molar-refractivity contribution is 0.0955. The predicted octanol–water partition coefficient (Wildman–Crippen LogP) is 4.19. The van der Waals surface area contributed by atoms with E-state index < -0.39 is 0 Å². The number of rotatable bonds is 6. The lowest BCUT2D eigenvalue weighted by Gasteiger charge is -2.13. The third kappa shape index (κ3) is 4.38. The maximum absolute atomic E-state index is 12.2. The molecule has 1 aromatic carbocycles. The number of ether oxygens (including phenoxy) is 1. The van der Waals surface area contributed by atoms with E-state index in [0.29, 0.717) is 18.0 Å². The molecule has 136 valence electrons. The first kappa shape index (κ1) is 18.3. The smallest absolute Gasteiger partial charge is 0.263 e. The van der Waals surface area contributed by atoms with Crippen LogP contribution in [-0.4, -0.2) is 29.0 Å². The standard InChI is InChI=1S/C20H23N3O2S/c1-20(2,3)19-23-13-16(26-19)18(24)22-11-6-12-25-15-9-4-7-14-8-5-10-21-17(14)15/h4-5,7-10,13H,6,11-12H2,1-3H3,(H,22,24). The fraction of sp³-hybridized carbons (Fsp3) is 0.350. The van der Waals surface area contributed by atoms with E-state index in [1.807, 2.05) is 30.3 Å². The van der Waals surface area contributed by atoms with Crippen molar-refractivity contribution in [3.8, 4) is 5.75 Å². The molecule has 0 radical (unpaired) electrons. The first-order valence-corrected chi connectivity index (χ1v) is 9.48. The second kappa shape index (κ2) is 7.83. The van der Waals surface area contributed by atoms with Crippen molar-refractivity contribution in [3.05, 3.63) is 52.6 Å². The van der Waals surface area contributed by atoms with Crippen molar-refractivity contribution < 1.29 is 9.53 Å². The van der Waals surface area contributed by atoms with Crippen molar-refractivity contribution in [2.45, 2.75) is 32.6 Å². The second-order valence-corrected chi connectivity index (χ2v) is 8.10. The first-order valence-electron chi connectivity index (χ1n) is 8.66. The SMILES string of the molecule is CC(C)(C)c1ncc(C(=O)NCCCOc2cccc3cccnc23)s1. The first-order chi connectivity index (χ1) is 12.4. The third-order valence-corrected chi connectivity index (χ3v) is 5.25. The minimum atomic E-state index is -0.0789. The van der Waals surface area contributed by atoms with E-state index in [4.69, 9.17) is 4.74 Å². The number of fused-ring (bicyclic) bond motifs is 1. The van der Waals surface area contributed by atoms with Gasteiger partial charge in [-0.3, -0.25) is 9.78 Å². The summed E-state index contributed by atoms with van der Waals surface area (Å²) in [7, 11) is 0. The van der Waals surface area contributed by atoms with Crippen molar-refractivity contribution in [2.24, 2.45) is 0 Å². The van der Waals surface area contributed by atoms with Gasteiger partial charge in [-0.15, -0.1) is 11.3 Å². The molecule has 0 bridgehead atoms. The maximum Gasteiger partial charge on any atom is 0.263 e. The number of hydrogen-bond donors (Lipinski definition) is 1. The molecule has 0 unspecified atom stereocenters. The van der Waals surface area contributed by atoms with E-state index in [0.717, 1.165) is 28.1 Å². The van der Waals surface area contributed by atoms with Gasteiger partial charge < -0.3 is 10.1 Å². The number of nitrogens with zero attached hydrogens (tertiary/aromatic N) is 2. The normalized spacial score (nSPS) is 11.5. The van der Waals surface area contributed by atoms with Gasteiger partial charge >= 0.3 is 0 Å². The van der Waals surface area contributed by atoms with Gasteiger partial charge in [-0.2, -0.15) is 0 Å². The Balaban J connectivity index is 1.47. The minimum Gasteiger partial charge on any atom is -0.491 e. The van der Waals surface area contributed by atoms with Gasteiger partial charge in [-0.25, -0.2) is 4.98 Å². The van der Waals surface area contributed by atoms with Crippen LogP contribution in [0, 0.1) is 0 Å². The molecule has 0 aliphatic carbocycles. The number of nitrogens with one attached hydrogen (secondary N) is 1. The fourth-order valence-corrected chi connectivity index (χ4v) is 3.35. The van der Waals surface area contributed by atoms with E-state index in [1.165, 1.54) is 11.3 Å². The minimum absolute atomic E-state index is 0.0382. The zero-order chi connectivity index (χ0) is 18.6. The molecule has 0 spiro atoms. The van der Waals surface area contributed by atoms with E-state index in [-0.39, 0.29) is 11.3 Å². The molecule has 0 saturated carbocycles. The summed E-state index contributed by atoms with van der Waals surface area (Å²) in [4.78, 5) is 21.6. The van der Waals surface area contributed by atoms with Gasteiger partial charge in [0.15, 0.2) is 0 Å². The lowest BCUT2D eigenvalue weighted by Crippen LogP contribution is -2.24. The predicted molar refractivity (Wildman–Crippen MR) is 105 cm³/mol. The van der Waals surface area contributed by atoms with Crippen LogP contribution in [0.1, 0.15) is 41.9 Å². The van der Waals surface area contributed by atoms with E-state index in [2.05, 4.69) is 36.1 Å². The molecule has 3 aromatic rings. The van der Waals surface area contributed by atoms with Crippen molar-refractivity contribution in [2.75, 3.05) is 13.2 Å². The number of carbonyl (C=O) groups excluding carboxylic acids is 1. The summed E-state index contributed by atoms with van der Waals surface area (Å²) < 4.78 is 5.83. The molecular weight excluding hydrogens is 346 g/mol. The monoisotopic (exact) mass is 369 g/mol. The van der Waals surface area contributed by atoms with Crippen LogP contribution in [0.3, 0.4) is 0 Å². The summed E-state index contributed by atoms with van der Waals surface area (Å²) >= 11 is 1.45. The average molecular weight is 369 g/mol. The van der Waals surface area contributed by atoms with E-state index in [1.54, 1.807) is 12.4 Å². The number of aromatic nitrogens is 2. The van der Waals surface area contributed by atoms with E-state index >= 15 is 0 Å². The Morgan fingerprint density at radius 2 is 2.00 bits per heavy atom. The van der Waals surface area contributed by atoms with Crippen molar-refractivity contribution in [1.29, 1.82) is 0 Å². The van der Waals surface area contributed by atoms with Gasteiger partial charge in [-0.05, 0) is 18.6 Å². The average Bonchev–Trinajstić information content (AvgIpc) is 3.12. The van der Waals surface area contributed by atoms with Gasteiger partial charge in [0, 0.05) is 23.5 Å². The highest BCUT2D eigenvalue weighted by Gasteiger charge is 2.20. The molecule has 2 aromatic heterocycles. The summed E-state index contributed by atoms with van der Waals surface area (Å²) in [5, 5.41) is 4.94. The Hall–Kier alpha value is -2.47. The van der Waals surface area contributed by atoms with Gasteiger partial charge in [0.1, 0.15) is 16.1 Å². The number of thiazole rings is 1. The van der Waals surface area contributed by atoms with Crippen LogP contribution in [0.15, 0.2) is 42.7 Å². The lowest BCUT2D eigenvalue weighted by atomic mass is 9.98. The molecule has 6 heteroatoms. The quantitative estimate of drug-likeness (QED) is 0.662. The Bertz CT molecular complexity index is 894. The molecule has 5 nitrogen and oxygen atoms in total. The Labute approximate surface area is 157 Å². The molecule has 1 amide bonds. The molecular formula is C20H23N3O2S. The van der Waals surface area contributed by atoms with Crippen molar-refractivity contribution in [1.82, 2.24) is 15.3 Å². The van der Waals surface area contributed by atoms with Gasteiger partial charge in [-0.1, -0.05) is 39.0 Å². The zero-order valence-corrected chi connectivity index (χ0v) is 16.1. The van der Waals surface area contributed by atoms with Crippen molar-refractivity contribution >= 4 is 28.1 Å². The molecule has 0 fully saturated rings. The Morgan fingerprint density at radius 3 is 2.77 bits per heavy atom. The number of amides is 1. The largest absolute Gasteiger partial charge is 0.491 e. The van der Waals surface area contributed by atoms with Gasteiger partial charge in [0.25, 0.3) is 5.91 Å². The molecule has 0 aliphatic rings. The number of benzene rings is 1. The Kier molecular flexibility index (Phi) is 5.52. The van der Waals surface area contributed by atoms with Gasteiger partial charge in [0.05, 0.1) is 17.8 Å². The summed E-state index contributed by atoms with van der Waals surface area (Å²) in [5.74, 6) is 0.691. The molecule has 1 N–H and O–H groups in total. The van der Waals surface area contributed by atoms with Crippen LogP contribution in [0.25, 0.3) is 10.9 Å². The summed E-state index contributed by atoms with van der Waals surface area (Å²) in [6, 6.07) is 9.80. The van der Waals surface area contributed by atoms with Crippen LogP contribution in [0.2, 0.25) is 0 Å². The maximum atomic E-state index is 12.2. The molecule has 26 heavy (non-hydrogen) atoms. The number of pyridine rings is 1. The van der Waals surface area contributed by atoms with Crippen LogP contribution in [0.4, 0.5) is 0 Å². The summed E-state index contributed by atoms with van der Waals surface area (Å²) in [6.45, 7) is 7.35. The highest BCUT2D eigenvalue weighted by atomic mass is 32.1. The highest BCUT2D eigenvalue weighted by molar-refractivity contribution is 7.13. The highest BCUT2D eigenvalue weighted by Crippen LogP contribution is 2.26. The fourth-order valence-electron chi connectivity index (χ4n) is 2.46. The zero-order valence-electron chi connectivity index (χ0n) is 15.3. The van der Waals surface area contributed by atoms with Crippen molar-refractivity contribution in [3.63, 3.8) is 0 Å². The summed E-state index contributed by atoms with van der Waals surface area (Å²) in [6.07, 6.45) is 4.13. The van der Waals surface area contributed by atoms with Gasteiger partial charge in [0.2, 0.25) is 0 Å². The number of carbonyl (C=O) groups is 1. The molecule has 0 saturated heterocycles. The van der Waals surface area contributed by atoms with Crippen LogP contribution in [-0.2, 0) is 5.41 Å². The number of para-hydroxylation sites is 1. The molecule has 3 rings (SSSR count). The van der Waals surface area contributed by atoms with Crippen LogP contribution < -0.4 is 10.1 Å².